The summed E-state index contributed by atoms with van der Waals surface area (Å²) >= 11 is 1.79. The van der Waals surface area contributed by atoms with Crippen LogP contribution in [0.5, 0.6) is 0 Å². The van der Waals surface area contributed by atoms with Crippen LogP contribution in [0.15, 0.2) is 29.2 Å². The van der Waals surface area contributed by atoms with E-state index < -0.39 is 0 Å². The molecule has 0 aliphatic heterocycles. The molecule has 5 heteroatoms. The largest absolute Gasteiger partial charge is 0 e. The van der Waals surface area contributed by atoms with Crippen molar-refractivity contribution in [1.29, 1.82) is 0 Å². The standard InChI is InChI=1S/C14H15S.3CO.Re/c1-11(12-5-3-4-6-12)13-7-9-14(15-2)10-8-13;3*1-2;/h3-11H,1-2H3;;;;. The fraction of sp³-hybridized carbons (Fsp3) is 0.176. The summed E-state index contributed by atoms with van der Waals surface area (Å²) in [6, 6.07) is 8.84. The van der Waals surface area contributed by atoms with Crippen molar-refractivity contribution in [2.24, 2.45) is 0 Å². The first-order chi connectivity index (χ1) is 10.3. The molecule has 1 unspecified atom stereocenters. The van der Waals surface area contributed by atoms with Gasteiger partial charge in [-0.05, 0) is 61.5 Å². The van der Waals surface area contributed by atoms with E-state index in [4.69, 9.17) is 14.0 Å². The summed E-state index contributed by atoms with van der Waals surface area (Å²) < 4.78 is 22.5. The van der Waals surface area contributed by atoms with E-state index in [2.05, 4.69) is 83.1 Å². The summed E-state index contributed by atoms with van der Waals surface area (Å²) in [5.41, 5.74) is 1.39. The van der Waals surface area contributed by atoms with E-state index in [9.17, 15) is 0 Å². The van der Waals surface area contributed by atoms with Crippen LogP contribution >= 0.6 is 11.8 Å². The zero-order valence-corrected chi connectivity index (χ0v) is 15.7. The number of hydrogen-bond acceptors (Lipinski definition) is 1. The van der Waals surface area contributed by atoms with Gasteiger partial charge in [0.15, 0.2) is 0 Å². The number of thioether (sulfide) groups is 1. The van der Waals surface area contributed by atoms with Crippen molar-refractivity contribution in [3.8, 4) is 0 Å². The Labute approximate surface area is 151 Å². The number of hydrogen-bond donors (Lipinski definition) is 0. The maximum absolute atomic E-state index is 7.50. The van der Waals surface area contributed by atoms with Gasteiger partial charge in [0.05, 0.1) is 0 Å². The molecule has 0 heterocycles. The molecule has 1 aliphatic carbocycles. The predicted octanol–water partition coefficient (Wildman–Crippen LogP) is 3.80. The predicted molar refractivity (Wildman–Crippen MR) is 78.9 cm³/mol. The minimum Gasteiger partial charge on any atom is 0 e. The fourth-order valence-electron chi connectivity index (χ4n) is 1.76. The Balaban J connectivity index is -0.000000463. The molecule has 1 fully saturated rings. The van der Waals surface area contributed by atoms with Gasteiger partial charge in [-0.2, -0.15) is 0 Å². The molecule has 1 atom stereocenters. The molecule has 1 aliphatic rings. The zero-order valence-electron chi connectivity index (χ0n) is 12.2. The second kappa shape index (κ2) is 18.5. The molecule has 114 valence electrons. The van der Waals surface area contributed by atoms with E-state index in [1.54, 1.807) is 11.8 Å². The summed E-state index contributed by atoms with van der Waals surface area (Å²) in [6.07, 6.45) is 10.7. The Bertz CT molecular complexity index is 406. The third-order valence-corrected chi connectivity index (χ3v) is 3.55. The molecular formula is C17H15O3ReS. The average Bonchev–Trinajstić information content (AvgIpc) is 3.14. The molecule has 0 aromatic heterocycles. The normalized spacial score (nSPS) is 13.5. The quantitative estimate of drug-likeness (QED) is 0.365. The van der Waals surface area contributed by atoms with Crippen LogP contribution in [0, 0.1) is 51.6 Å². The molecule has 6 radical (unpaired) electrons. The topological polar surface area (TPSA) is 59.7 Å². The van der Waals surface area contributed by atoms with Gasteiger partial charge in [-0.25, -0.2) is 0 Å². The van der Waals surface area contributed by atoms with Gasteiger partial charge in [-0.15, -0.1) is 11.8 Å². The molecule has 0 bridgehead atoms. The first-order valence-electron chi connectivity index (χ1n) is 5.78. The van der Waals surface area contributed by atoms with Crippen molar-refractivity contribution in [2.75, 3.05) is 6.26 Å². The molecule has 0 saturated heterocycles. The van der Waals surface area contributed by atoms with Crippen molar-refractivity contribution in [3.63, 3.8) is 0 Å². The van der Waals surface area contributed by atoms with Gasteiger partial charge in [0, 0.05) is 25.3 Å². The van der Waals surface area contributed by atoms with E-state index in [0.29, 0.717) is 5.92 Å². The first-order valence-corrected chi connectivity index (χ1v) is 7.00. The molecule has 3 nitrogen and oxygen atoms in total. The Morgan fingerprint density at radius 3 is 1.64 bits per heavy atom. The van der Waals surface area contributed by atoms with Crippen molar-refractivity contribution in [1.82, 2.24) is 0 Å². The van der Waals surface area contributed by atoms with Gasteiger partial charge in [0.25, 0.3) is 0 Å². The van der Waals surface area contributed by atoms with Crippen LogP contribution in [0.1, 0.15) is 18.4 Å². The summed E-state index contributed by atoms with van der Waals surface area (Å²) in [5.74, 6) is 1.89. The molecule has 2 rings (SSSR count). The molecule has 1 aromatic rings. The maximum atomic E-state index is 7.50. The van der Waals surface area contributed by atoms with Crippen molar-refractivity contribution < 1.29 is 34.4 Å². The van der Waals surface area contributed by atoms with Crippen LogP contribution in [-0.2, 0) is 34.4 Å². The number of benzene rings is 1. The maximum Gasteiger partial charge on any atom is 0 e. The Morgan fingerprint density at radius 1 is 0.864 bits per heavy atom. The Morgan fingerprint density at radius 2 is 1.27 bits per heavy atom. The second-order valence-electron chi connectivity index (χ2n) is 3.71. The van der Waals surface area contributed by atoms with E-state index in [1.165, 1.54) is 16.4 Å². The fourth-order valence-corrected chi connectivity index (χ4v) is 2.17. The SMILES string of the molecule is CSc1ccc(C(C)[C]2[CH][CH][CH][CH]2)cc1.[C-]#[O+].[C-]#[O+].[C-]#[O+].[Re]. The van der Waals surface area contributed by atoms with Crippen LogP contribution in [0.25, 0.3) is 0 Å². The van der Waals surface area contributed by atoms with Crippen LogP contribution in [0.3, 0.4) is 0 Å². The first kappa shape index (κ1) is 26.4. The van der Waals surface area contributed by atoms with Crippen molar-refractivity contribution in [3.05, 3.63) is 81.4 Å². The van der Waals surface area contributed by atoms with Gasteiger partial charge in [-0.3, -0.25) is 0 Å². The molecule has 0 N–H and O–H groups in total. The van der Waals surface area contributed by atoms with Crippen LogP contribution < -0.4 is 0 Å². The van der Waals surface area contributed by atoms with Gasteiger partial charge in [-0.1, -0.05) is 19.1 Å². The smallest absolute Gasteiger partial charge is 0 e. The minimum atomic E-state index is 0. The molecule has 0 spiro atoms. The van der Waals surface area contributed by atoms with E-state index in [1.807, 2.05) is 0 Å². The summed E-state index contributed by atoms with van der Waals surface area (Å²) in [5, 5.41) is 0. The van der Waals surface area contributed by atoms with Crippen molar-refractivity contribution in [2.45, 2.75) is 17.7 Å². The zero-order chi connectivity index (χ0) is 16.7. The van der Waals surface area contributed by atoms with Gasteiger partial charge in [0.1, 0.15) is 0 Å². The van der Waals surface area contributed by atoms with Crippen LogP contribution in [0.2, 0.25) is 0 Å². The average molecular weight is 486 g/mol. The van der Waals surface area contributed by atoms with Crippen LogP contribution in [0.4, 0.5) is 0 Å². The second-order valence-corrected chi connectivity index (χ2v) is 4.59. The monoisotopic (exact) mass is 486 g/mol. The van der Waals surface area contributed by atoms with E-state index in [0.717, 1.165) is 0 Å². The van der Waals surface area contributed by atoms with E-state index >= 15 is 0 Å². The molecule has 22 heavy (non-hydrogen) atoms. The molecule has 1 saturated carbocycles. The Hall–Kier alpha value is -0.548. The van der Waals surface area contributed by atoms with Gasteiger partial charge in [0.2, 0.25) is 0 Å². The van der Waals surface area contributed by atoms with Gasteiger partial charge >= 0.3 is 33.9 Å². The molecular weight excluding hydrogens is 470 g/mol. The third kappa shape index (κ3) is 9.47. The summed E-state index contributed by atoms with van der Waals surface area (Å²) in [4.78, 5) is 1.33. The minimum absolute atomic E-state index is 0. The summed E-state index contributed by atoms with van der Waals surface area (Å²) in [7, 11) is 0. The molecule has 0 amide bonds. The third-order valence-electron chi connectivity index (χ3n) is 2.80. The van der Waals surface area contributed by atoms with Crippen LogP contribution in [-0.4, -0.2) is 6.26 Å². The summed E-state index contributed by atoms with van der Waals surface area (Å²) in [6.45, 7) is 15.8. The number of rotatable bonds is 3. The van der Waals surface area contributed by atoms with Gasteiger partial charge < -0.3 is 0 Å². The molecule has 1 aromatic carbocycles. The van der Waals surface area contributed by atoms with E-state index in [-0.39, 0.29) is 20.4 Å². The van der Waals surface area contributed by atoms with Crippen molar-refractivity contribution >= 4 is 11.8 Å². The Kier molecular flexibility index (Phi) is 22.2.